The third-order valence-corrected chi connectivity index (χ3v) is 2.00. The second-order valence-corrected chi connectivity index (χ2v) is 3.17. The summed E-state index contributed by atoms with van der Waals surface area (Å²) in [6.07, 6.45) is 0.166. The van der Waals surface area contributed by atoms with E-state index in [0.717, 1.165) is 0 Å². The van der Waals surface area contributed by atoms with E-state index in [4.69, 9.17) is 4.74 Å². The molecule has 1 saturated heterocycles. The molecule has 2 rings (SSSR count). The highest BCUT2D eigenvalue weighted by Crippen LogP contribution is 2.07. The molecule has 1 unspecified atom stereocenters. The summed E-state index contributed by atoms with van der Waals surface area (Å²) in [5, 5.41) is 2.69. The van der Waals surface area contributed by atoms with E-state index in [9.17, 15) is 9.18 Å². The molecule has 3 nitrogen and oxygen atoms in total. The van der Waals surface area contributed by atoms with Crippen LogP contribution >= 0.6 is 0 Å². The maximum Gasteiger partial charge on any atom is 0.251 e. The van der Waals surface area contributed by atoms with Gasteiger partial charge in [-0.3, -0.25) is 4.79 Å². The van der Waals surface area contributed by atoms with Gasteiger partial charge in [0, 0.05) is 12.1 Å². The van der Waals surface area contributed by atoms with Crippen molar-refractivity contribution in [1.82, 2.24) is 5.32 Å². The summed E-state index contributed by atoms with van der Waals surface area (Å²) in [7, 11) is 0. The van der Waals surface area contributed by atoms with Crippen molar-refractivity contribution >= 4 is 5.91 Å². The van der Waals surface area contributed by atoms with Gasteiger partial charge in [0.1, 0.15) is 5.82 Å². The number of hydrogen-bond donors (Lipinski definition) is 1. The van der Waals surface area contributed by atoms with Crippen molar-refractivity contribution in [2.45, 2.75) is 6.10 Å². The molecule has 1 amide bonds. The fourth-order valence-corrected chi connectivity index (χ4v) is 1.10. The number of benzene rings is 1. The molecule has 4 heteroatoms. The topological polar surface area (TPSA) is 41.6 Å². The largest absolute Gasteiger partial charge is 0.371 e. The third-order valence-electron chi connectivity index (χ3n) is 2.00. The summed E-state index contributed by atoms with van der Waals surface area (Å²) in [4.78, 5) is 11.4. The molecule has 14 heavy (non-hydrogen) atoms. The van der Waals surface area contributed by atoms with Crippen LogP contribution in [0.15, 0.2) is 24.3 Å². The fourth-order valence-electron chi connectivity index (χ4n) is 1.10. The maximum atomic E-state index is 12.5. The highest BCUT2D eigenvalue weighted by molar-refractivity contribution is 5.94. The summed E-state index contributed by atoms with van der Waals surface area (Å²) >= 11 is 0. The van der Waals surface area contributed by atoms with Gasteiger partial charge in [-0.05, 0) is 24.3 Å². The number of halogens is 1. The number of carbonyl (C=O) groups is 1. The van der Waals surface area contributed by atoms with E-state index in [1.54, 1.807) is 0 Å². The SMILES string of the molecule is O=C(NCC1CO1)c1ccc(F)cc1. The number of rotatable bonds is 3. The lowest BCUT2D eigenvalue weighted by Gasteiger charge is -2.02. The molecule has 0 aromatic heterocycles. The Bertz CT molecular complexity index is 332. The number of hydrogen-bond acceptors (Lipinski definition) is 2. The monoisotopic (exact) mass is 195 g/mol. The maximum absolute atomic E-state index is 12.5. The van der Waals surface area contributed by atoms with Gasteiger partial charge in [0.25, 0.3) is 5.91 Å². The van der Waals surface area contributed by atoms with E-state index in [-0.39, 0.29) is 17.8 Å². The Kier molecular flexibility index (Phi) is 2.45. The normalized spacial score (nSPS) is 19.1. The van der Waals surface area contributed by atoms with Gasteiger partial charge < -0.3 is 10.1 Å². The molecule has 1 fully saturated rings. The van der Waals surface area contributed by atoms with Crippen LogP contribution in [0.4, 0.5) is 4.39 Å². The molecular weight excluding hydrogens is 185 g/mol. The predicted molar refractivity (Wildman–Crippen MR) is 48.5 cm³/mol. The van der Waals surface area contributed by atoms with Crippen LogP contribution in [-0.2, 0) is 4.74 Å². The standard InChI is InChI=1S/C10H10FNO2/c11-8-3-1-7(2-4-8)10(13)12-5-9-6-14-9/h1-4,9H,5-6H2,(H,12,13). The lowest BCUT2D eigenvalue weighted by Crippen LogP contribution is -2.27. The molecule has 0 radical (unpaired) electrons. The summed E-state index contributed by atoms with van der Waals surface area (Å²) in [5.74, 6) is -0.535. The lowest BCUT2D eigenvalue weighted by atomic mass is 10.2. The highest BCUT2D eigenvalue weighted by Gasteiger charge is 2.22. The molecule has 1 atom stereocenters. The van der Waals surface area contributed by atoms with E-state index < -0.39 is 0 Å². The first kappa shape index (κ1) is 9.15. The number of nitrogens with one attached hydrogen (secondary N) is 1. The molecule has 0 saturated carbocycles. The summed E-state index contributed by atoms with van der Waals surface area (Å²) in [5.41, 5.74) is 0.465. The van der Waals surface area contributed by atoms with Crippen LogP contribution < -0.4 is 5.32 Å². The zero-order chi connectivity index (χ0) is 9.97. The fraction of sp³-hybridized carbons (Fsp3) is 0.300. The Morgan fingerprint density at radius 3 is 2.71 bits per heavy atom. The minimum absolute atomic E-state index is 0.166. The van der Waals surface area contributed by atoms with Crippen molar-refractivity contribution in [3.05, 3.63) is 35.6 Å². The van der Waals surface area contributed by atoms with Gasteiger partial charge in [0.2, 0.25) is 0 Å². The van der Waals surface area contributed by atoms with Crippen molar-refractivity contribution in [3.63, 3.8) is 0 Å². The summed E-state index contributed by atoms with van der Waals surface area (Å²) in [6.45, 7) is 1.24. The average molecular weight is 195 g/mol. The van der Waals surface area contributed by atoms with Crippen LogP contribution in [0.5, 0.6) is 0 Å². The summed E-state index contributed by atoms with van der Waals surface area (Å²) in [6, 6.07) is 5.45. The van der Waals surface area contributed by atoms with Gasteiger partial charge in [-0.25, -0.2) is 4.39 Å². The van der Waals surface area contributed by atoms with Crippen LogP contribution in [0.2, 0.25) is 0 Å². The van der Waals surface area contributed by atoms with E-state index in [0.29, 0.717) is 18.7 Å². The van der Waals surface area contributed by atoms with Gasteiger partial charge >= 0.3 is 0 Å². The quantitative estimate of drug-likeness (QED) is 0.730. The molecule has 1 aromatic rings. The highest BCUT2D eigenvalue weighted by atomic mass is 19.1. The van der Waals surface area contributed by atoms with E-state index in [1.165, 1.54) is 24.3 Å². The molecule has 0 aliphatic carbocycles. The van der Waals surface area contributed by atoms with Gasteiger partial charge in [0.15, 0.2) is 0 Å². The third kappa shape index (κ3) is 2.29. The van der Waals surface area contributed by atoms with Crippen molar-refractivity contribution in [2.24, 2.45) is 0 Å². The second-order valence-electron chi connectivity index (χ2n) is 3.17. The smallest absolute Gasteiger partial charge is 0.251 e. The van der Waals surface area contributed by atoms with Gasteiger partial charge in [0.05, 0.1) is 12.7 Å². The Balaban J connectivity index is 1.92. The van der Waals surface area contributed by atoms with Crippen molar-refractivity contribution in [3.8, 4) is 0 Å². The van der Waals surface area contributed by atoms with Crippen LogP contribution in [0, 0.1) is 5.82 Å². The van der Waals surface area contributed by atoms with E-state index in [2.05, 4.69) is 5.32 Å². The molecule has 1 N–H and O–H groups in total. The zero-order valence-electron chi connectivity index (χ0n) is 7.50. The molecule has 74 valence electrons. The van der Waals surface area contributed by atoms with Gasteiger partial charge in [-0.2, -0.15) is 0 Å². The number of ether oxygens (including phenoxy) is 1. The van der Waals surface area contributed by atoms with Crippen molar-refractivity contribution < 1.29 is 13.9 Å². The van der Waals surface area contributed by atoms with Gasteiger partial charge in [-0.1, -0.05) is 0 Å². The average Bonchev–Trinajstić information content (AvgIpc) is 2.99. The Morgan fingerprint density at radius 1 is 1.50 bits per heavy atom. The number of epoxide rings is 1. The van der Waals surface area contributed by atoms with Crippen molar-refractivity contribution in [1.29, 1.82) is 0 Å². The molecular formula is C10H10FNO2. The van der Waals surface area contributed by atoms with E-state index >= 15 is 0 Å². The first-order valence-electron chi connectivity index (χ1n) is 4.41. The Morgan fingerprint density at radius 2 is 2.14 bits per heavy atom. The molecule has 1 aliphatic rings. The van der Waals surface area contributed by atoms with E-state index in [1.807, 2.05) is 0 Å². The number of carbonyl (C=O) groups excluding carboxylic acids is 1. The minimum Gasteiger partial charge on any atom is -0.371 e. The Labute approximate surface area is 80.9 Å². The van der Waals surface area contributed by atoms with Crippen LogP contribution in [0.25, 0.3) is 0 Å². The molecule has 1 heterocycles. The summed E-state index contributed by atoms with van der Waals surface area (Å²) < 4.78 is 17.5. The molecule has 0 bridgehead atoms. The molecule has 0 spiro atoms. The van der Waals surface area contributed by atoms with Crippen molar-refractivity contribution in [2.75, 3.05) is 13.2 Å². The first-order valence-corrected chi connectivity index (χ1v) is 4.41. The molecule has 1 aliphatic heterocycles. The first-order chi connectivity index (χ1) is 6.75. The Hall–Kier alpha value is -1.42. The zero-order valence-corrected chi connectivity index (χ0v) is 7.50. The predicted octanol–water partition coefficient (Wildman–Crippen LogP) is 0.954. The second kappa shape index (κ2) is 3.75. The minimum atomic E-state index is -0.341. The van der Waals surface area contributed by atoms with Crippen LogP contribution in [-0.4, -0.2) is 25.2 Å². The molecule has 1 aromatic carbocycles. The van der Waals surface area contributed by atoms with Crippen LogP contribution in [0.1, 0.15) is 10.4 Å². The van der Waals surface area contributed by atoms with Crippen LogP contribution in [0.3, 0.4) is 0 Å². The number of amides is 1. The lowest BCUT2D eigenvalue weighted by molar-refractivity contribution is 0.0950. The van der Waals surface area contributed by atoms with Gasteiger partial charge in [-0.15, -0.1) is 0 Å².